The second kappa shape index (κ2) is 8.12. The Balaban J connectivity index is 2.05. The SMILES string of the molecule is CCCCNc1nc(C)cc(Nc2ccc(NC(C)=O)cc2)n1. The molecule has 122 valence electrons. The molecule has 1 heterocycles. The van der Waals surface area contributed by atoms with Crippen molar-refractivity contribution in [2.24, 2.45) is 0 Å². The Morgan fingerprint density at radius 3 is 2.48 bits per heavy atom. The lowest BCUT2D eigenvalue weighted by atomic mass is 10.2. The van der Waals surface area contributed by atoms with Crippen LogP contribution in [0.2, 0.25) is 0 Å². The zero-order chi connectivity index (χ0) is 16.7. The highest BCUT2D eigenvalue weighted by Crippen LogP contribution is 2.19. The van der Waals surface area contributed by atoms with Gasteiger partial charge in [0.1, 0.15) is 5.82 Å². The van der Waals surface area contributed by atoms with Gasteiger partial charge in [-0.1, -0.05) is 13.3 Å². The second-order valence-electron chi connectivity index (χ2n) is 5.38. The zero-order valence-corrected chi connectivity index (χ0v) is 13.8. The van der Waals surface area contributed by atoms with Crippen LogP contribution in [-0.4, -0.2) is 22.4 Å². The largest absolute Gasteiger partial charge is 0.354 e. The Bertz CT molecular complexity index is 655. The number of nitrogens with one attached hydrogen (secondary N) is 3. The quantitative estimate of drug-likeness (QED) is 0.679. The molecule has 1 amide bonds. The summed E-state index contributed by atoms with van der Waals surface area (Å²) in [5, 5.41) is 9.23. The van der Waals surface area contributed by atoms with Crippen molar-refractivity contribution in [3.05, 3.63) is 36.0 Å². The average Bonchev–Trinajstić information content (AvgIpc) is 2.48. The molecule has 0 bridgehead atoms. The van der Waals surface area contributed by atoms with Gasteiger partial charge in [0.05, 0.1) is 0 Å². The molecule has 0 spiro atoms. The smallest absolute Gasteiger partial charge is 0.224 e. The minimum absolute atomic E-state index is 0.0834. The molecular formula is C17H23N5O. The van der Waals surface area contributed by atoms with E-state index in [1.165, 1.54) is 6.92 Å². The Hall–Kier alpha value is -2.63. The van der Waals surface area contributed by atoms with Gasteiger partial charge < -0.3 is 16.0 Å². The molecule has 0 saturated carbocycles. The second-order valence-corrected chi connectivity index (χ2v) is 5.38. The summed E-state index contributed by atoms with van der Waals surface area (Å²) >= 11 is 0. The van der Waals surface area contributed by atoms with Crippen LogP contribution in [0, 0.1) is 6.92 Å². The predicted octanol–water partition coefficient (Wildman–Crippen LogP) is 3.70. The summed E-state index contributed by atoms with van der Waals surface area (Å²) < 4.78 is 0. The summed E-state index contributed by atoms with van der Waals surface area (Å²) in [5.74, 6) is 1.29. The first-order valence-electron chi connectivity index (χ1n) is 7.81. The maximum Gasteiger partial charge on any atom is 0.224 e. The Labute approximate surface area is 136 Å². The van der Waals surface area contributed by atoms with E-state index in [2.05, 4.69) is 32.8 Å². The lowest BCUT2D eigenvalue weighted by Gasteiger charge is -2.10. The topological polar surface area (TPSA) is 78.9 Å². The third kappa shape index (κ3) is 5.58. The van der Waals surface area contributed by atoms with Crippen molar-refractivity contribution in [3.8, 4) is 0 Å². The molecular weight excluding hydrogens is 290 g/mol. The van der Waals surface area contributed by atoms with Gasteiger partial charge in [0, 0.05) is 36.6 Å². The van der Waals surface area contributed by atoms with Gasteiger partial charge in [0.15, 0.2) is 0 Å². The van der Waals surface area contributed by atoms with E-state index in [0.29, 0.717) is 5.95 Å². The fourth-order valence-electron chi connectivity index (χ4n) is 2.08. The number of carbonyl (C=O) groups is 1. The van der Waals surface area contributed by atoms with Crippen molar-refractivity contribution in [1.82, 2.24) is 9.97 Å². The highest BCUT2D eigenvalue weighted by molar-refractivity contribution is 5.88. The van der Waals surface area contributed by atoms with Crippen LogP contribution in [0.3, 0.4) is 0 Å². The molecule has 6 nitrogen and oxygen atoms in total. The number of aryl methyl sites for hydroxylation is 1. The third-order valence-electron chi connectivity index (χ3n) is 3.15. The van der Waals surface area contributed by atoms with Gasteiger partial charge in [-0.15, -0.1) is 0 Å². The lowest BCUT2D eigenvalue weighted by Crippen LogP contribution is -2.07. The third-order valence-corrected chi connectivity index (χ3v) is 3.15. The molecule has 2 rings (SSSR count). The van der Waals surface area contributed by atoms with Crippen LogP contribution in [-0.2, 0) is 4.79 Å². The number of anilines is 4. The summed E-state index contributed by atoms with van der Waals surface area (Å²) in [5.41, 5.74) is 2.57. The van der Waals surface area contributed by atoms with Crippen molar-refractivity contribution in [2.45, 2.75) is 33.6 Å². The van der Waals surface area contributed by atoms with E-state index >= 15 is 0 Å². The van der Waals surface area contributed by atoms with Gasteiger partial charge in [-0.25, -0.2) is 4.98 Å². The first kappa shape index (κ1) is 16.7. The van der Waals surface area contributed by atoms with Crippen molar-refractivity contribution >= 4 is 29.0 Å². The van der Waals surface area contributed by atoms with Gasteiger partial charge >= 0.3 is 0 Å². The van der Waals surface area contributed by atoms with Gasteiger partial charge in [-0.05, 0) is 37.6 Å². The minimum atomic E-state index is -0.0834. The number of amides is 1. The molecule has 1 aromatic heterocycles. The number of benzene rings is 1. The lowest BCUT2D eigenvalue weighted by molar-refractivity contribution is -0.114. The molecule has 0 atom stereocenters. The Morgan fingerprint density at radius 1 is 1.13 bits per heavy atom. The maximum absolute atomic E-state index is 11.0. The van der Waals surface area contributed by atoms with Crippen LogP contribution in [0.4, 0.5) is 23.1 Å². The molecule has 0 fully saturated rings. The Kier molecular flexibility index (Phi) is 5.91. The van der Waals surface area contributed by atoms with E-state index in [9.17, 15) is 4.79 Å². The van der Waals surface area contributed by atoms with E-state index in [-0.39, 0.29) is 5.91 Å². The number of hydrogen-bond donors (Lipinski definition) is 3. The number of nitrogens with zero attached hydrogens (tertiary/aromatic N) is 2. The van der Waals surface area contributed by atoms with Gasteiger partial charge in [0.25, 0.3) is 0 Å². The van der Waals surface area contributed by atoms with Crippen LogP contribution in [0.1, 0.15) is 32.4 Å². The molecule has 1 aromatic carbocycles. The van der Waals surface area contributed by atoms with Crippen LogP contribution < -0.4 is 16.0 Å². The average molecular weight is 313 g/mol. The van der Waals surface area contributed by atoms with Gasteiger partial charge in [0.2, 0.25) is 11.9 Å². The summed E-state index contributed by atoms with van der Waals surface area (Å²) in [4.78, 5) is 19.9. The van der Waals surface area contributed by atoms with Crippen LogP contribution in [0.25, 0.3) is 0 Å². The first-order valence-corrected chi connectivity index (χ1v) is 7.81. The number of carbonyl (C=O) groups excluding carboxylic acids is 1. The molecule has 2 aromatic rings. The number of hydrogen-bond acceptors (Lipinski definition) is 5. The molecule has 0 aliphatic heterocycles. The fraction of sp³-hybridized carbons (Fsp3) is 0.353. The monoisotopic (exact) mass is 313 g/mol. The van der Waals surface area contributed by atoms with E-state index < -0.39 is 0 Å². The standard InChI is InChI=1S/C17H23N5O/c1-4-5-10-18-17-19-12(2)11-16(22-17)21-15-8-6-14(7-9-15)20-13(3)23/h6-9,11H,4-5,10H2,1-3H3,(H,20,23)(H2,18,19,21,22). The first-order chi connectivity index (χ1) is 11.1. The summed E-state index contributed by atoms with van der Waals surface area (Å²) in [7, 11) is 0. The van der Waals surface area contributed by atoms with Crippen molar-refractivity contribution in [1.29, 1.82) is 0 Å². The molecule has 0 aliphatic carbocycles. The van der Waals surface area contributed by atoms with Crippen molar-refractivity contribution < 1.29 is 4.79 Å². The Morgan fingerprint density at radius 2 is 1.83 bits per heavy atom. The van der Waals surface area contributed by atoms with Gasteiger partial charge in [-0.3, -0.25) is 4.79 Å². The van der Waals surface area contributed by atoms with Crippen molar-refractivity contribution in [2.75, 3.05) is 22.5 Å². The molecule has 0 saturated heterocycles. The summed E-state index contributed by atoms with van der Waals surface area (Å²) in [6.07, 6.45) is 2.22. The highest BCUT2D eigenvalue weighted by atomic mass is 16.1. The van der Waals surface area contributed by atoms with Crippen LogP contribution >= 0.6 is 0 Å². The van der Waals surface area contributed by atoms with E-state index in [1.54, 1.807) is 0 Å². The van der Waals surface area contributed by atoms with E-state index in [4.69, 9.17) is 0 Å². The van der Waals surface area contributed by atoms with Crippen molar-refractivity contribution in [3.63, 3.8) is 0 Å². The summed E-state index contributed by atoms with van der Waals surface area (Å²) in [6, 6.07) is 9.38. The normalized spacial score (nSPS) is 10.2. The fourth-order valence-corrected chi connectivity index (χ4v) is 2.08. The van der Waals surface area contributed by atoms with Crippen LogP contribution in [0.15, 0.2) is 30.3 Å². The molecule has 0 unspecified atom stereocenters. The van der Waals surface area contributed by atoms with Gasteiger partial charge in [-0.2, -0.15) is 4.98 Å². The molecule has 0 aliphatic rings. The molecule has 6 heteroatoms. The van der Waals surface area contributed by atoms with E-state index in [1.807, 2.05) is 37.3 Å². The minimum Gasteiger partial charge on any atom is -0.354 e. The number of unbranched alkanes of at least 4 members (excludes halogenated alkanes) is 1. The molecule has 3 N–H and O–H groups in total. The van der Waals surface area contributed by atoms with E-state index in [0.717, 1.165) is 42.3 Å². The molecule has 23 heavy (non-hydrogen) atoms. The predicted molar refractivity (Wildman–Crippen MR) is 94.2 cm³/mol. The zero-order valence-electron chi connectivity index (χ0n) is 13.8. The number of aromatic nitrogens is 2. The highest BCUT2D eigenvalue weighted by Gasteiger charge is 2.03. The van der Waals surface area contributed by atoms with Crippen LogP contribution in [0.5, 0.6) is 0 Å². The maximum atomic E-state index is 11.0. The summed E-state index contributed by atoms with van der Waals surface area (Å²) in [6.45, 7) is 6.45. The number of rotatable bonds is 7. The molecule has 0 radical (unpaired) electrons.